The maximum Gasteiger partial charge on any atom is 0.261 e. The van der Waals surface area contributed by atoms with Gasteiger partial charge in [0.25, 0.3) is 10.0 Å². The van der Waals surface area contributed by atoms with Crippen molar-refractivity contribution in [1.82, 2.24) is 9.21 Å². The molecule has 2 N–H and O–H groups in total. The maximum atomic E-state index is 13.5. The fourth-order valence-electron chi connectivity index (χ4n) is 4.78. The number of anilines is 1. The third kappa shape index (κ3) is 7.53. The first-order valence-corrected chi connectivity index (χ1v) is 16.6. The van der Waals surface area contributed by atoms with Crippen molar-refractivity contribution in [2.24, 2.45) is 5.92 Å². The van der Waals surface area contributed by atoms with Gasteiger partial charge in [0.1, 0.15) is 17.7 Å². The number of aryl methyl sites for hydroxylation is 1. The van der Waals surface area contributed by atoms with Gasteiger partial charge in [0.2, 0.25) is 15.9 Å². The van der Waals surface area contributed by atoms with Crippen LogP contribution in [0.5, 0.6) is 5.75 Å². The number of likely N-dealkylation sites (N-methyl/N-ethyl adjacent to an activating group) is 1. The highest BCUT2D eigenvalue weighted by molar-refractivity contribution is 7.92. The summed E-state index contributed by atoms with van der Waals surface area (Å²) in [6.07, 6.45) is -0.854. The summed E-state index contributed by atoms with van der Waals surface area (Å²) in [5.74, 6) is -0.932. The zero-order valence-electron chi connectivity index (χ0n) is 24.4. The van der Waals surface area contributed by atoms with Crippen molar-refractivity contribution in [3.63, 3.8) is 0 Å². The van der Waals surface area contributed by atoms with Gasteiger partial charge in [0.15, 0.2) is 0 Å². The number of rotatable bonds is 9. The van der Waals surface area contributed by atoms with Crippen molar-refractivity contribution in [3.8, 4) is 5.75 Å². The molecule has 0 saturated heterocycles. The van der Waals surface area contributed by atoms with Gasteiger partial charge in [-0.05, 0) is 68.4 Å². The van der Waals surface area contributed by atoms with Crippen molar-refractivity contribution >= 4 is 31.6 Å². The molecule has 1 aliphatic heterocycles. The zero-order valence-corrected chi connectivity index (χ0v) is 26.0. The van der Waals surface area contributed by atoms with E-state index in [9.17, 15) is 31.1 Å². The Balaban J connectivity index is 1.68. The Morgan fingerprint density at radius 1 is 1.05 bits per heavy atom. The number of hydrogen-bond donors (Lipinski definition) is 2. The number of aliphatic hydroxyl groups is 1. The van der Waals surface area contributed by atoms with Gasteiger partial charge in [0.05, 0.1) is 35.4 Å². The highest BCUT2D eigenvalue weighted by Crippen LogP contribution is 2.30. The van der Waals surface area contributed by atoms with Crippen molar-refractivity contribution in [3.05, 3.63) is 83.7 Å². The summed E-state index contributed by atoms with van der Waals surface area (Å²) in [6.45, 7) is 5.30. The van der Waals surface area contributed by atoms with Gasteiger partial charge in [-0.2, -0.15) is 4.31 Å². The lowest BCUT2D eigenvalue weighted by Crippen LogP contribution is -2.48. The van der Waals surface area contributed by atoms with Gasteiger partial charge in [-0.1, -0.05) is 24.6 Å². The number of amides is 1. The second-order valence-electron chi connectivity index (χ2n) is 10.9. The summed E-state index contributed by atoms with van der Waals surface area (Å²) in [4.78, 5) is 15.0. The van der Waals surface area contributed by atoms with E-state index in [0.29, 0.717) is 11.3 Å². The normalized spacial score (nSPS) is 18.7. The first-order chi connectivity index (χ1) is 20.2. The van der Waals surface area contributed by atoms with E-state index in [0.717, 1.165) is 29.8 Å². The van der Waals surface area contributed by atoms with Crippen molar-refractivity contribution < 1.29 is 35.9 Å². The van der Waals surface area contributed by atoms with Crippen molar-refractivity contribution in [2.75, 3.05) is 31.5 Å². The number of nitrogens with zero attached hydrogens (tertiary/aromatic N) is 2. The zero-order chi connectivity index (χ0) is 31.5. The van der Waals surface area contributed by atoms with E-state index in [4.69, 9.17) is 4.74 Å². The maximum absolute atomic E-state index is 13.5. The monoisotopic (exact) mass is 633 g/mol. The summed E-state index contributed by atoms with van der Waals surface area (Å²) in [5.41, 5.74) is 1.46. The van der Waals surface area contributed by atoms with Crippen molar-refractivity contribution in [1.29, 1.82) is 0 Å². The third-order valence-corrected chi connectivity index (χ3v) is 10.7. The number of hydrogen-bond acceptors (Lipinski definition) is 7. The van der Waals surface area contributed by atoms with E-state index in [2.05, 4.69) is 4.72 Å². The molecule has 13 heteroatoms. The Labute approximate surface area is 252 Å². The van der Waals surface area contributed by atoms with Crippen LogP contribution in [0.1, 0.15) is 25.0 Å². The van der Waals surface area contributed by atoms with Crippen LogP contribution in [0.2, 0.25) is 0 Å². The second kappa shape index (κ2) is 13.0. The third-order valence-electron chi connectivity index (χ3n) is 7.46. The summed E-state index contributed by atoms with van der Waals surface area (Å²) in [5, 5.41) is 9.87. The molecule has 3 aromatic carbocycles. The fraction of sp³-hybridized carbons (Fsp3) is 0.367. The molecule has 3 atom stereocenters. The Morgan fingerprint density at radius 3 is 2.30 bits per heavy atom. The predicted molar refractivity (Wildman–Crippen MR) is 160 cm³/mol. The average molecular weight is 634 g/mol. The molecule has 0 radical (unpaired) electrons. The SMILES string of the molecule is Cc1ccc(S(=O)(=O)N(C)C[C@H]2Oc3ccc(NS(=O)(=O)c4ccc(F)cc4)cc3CC(=O)N([C@@H](C)CO)C[C@@H]2C)cc1. The Kier molecular flexibility index (Phi) is 9.79. The van der Waals surface area contributed by atoms with Crippen molar-refractivity contribution in [2.45, 2.75) is 49.1 Å². The minimum absolute atomic E-state index is 0.0364. The minimum Gasteiger partial charge on any atom is -0.488 e. The first kappa shape index (κ1) is 32.4. The fourth-order valence-corrected chi connectivity index (χ4v) is 7.01. The Hall–Kier alpha value is -3.52. The molecule has 0 fully saturated rings. The number of nitrogens with one attached hydrogen (secondary N) is 1. The van der Waals surface area contributed by atoms with E-state index in [1.807, 2.05) is 13.8 Å². The summed E-state index contributed by atoms with van der Waals surface area (Å²) >= 11 is 0. The number of carbonyl (C=O) groups excluding carboxylic acids is 1. The van der Waals surface area contributed by atoms with Crippen LogP contribution < -0.4 is 9.46 Å². The van der Waals surface area contributed by atoms with Gasteiger partial charge in [-0.25, -0.2) is 21.2 Å². The molecule has 232 valence electrons. The number of fused-ring (bicyclic) bond motifs is 1. The van der Waals surface area contributed by atoms with E-state index in [-0.39, 0.29) is 53.4 Å². The molecule has 0 unspecified atom stereocenters. The van der Waals surface area contributed by atoms with E-state index >= 15 is 0 Å². The molecule has 1 aliphatic rings. The molecule has 10 nitrogen and oxygen atoms in total. The molecule has 3 aromatic rings. The van der Waals surface area contributed by atoms with Gasteiger partial charge < -0.3 is 14.7 Å². The molecule has 43 heavy (non-hydrogen) atoms. The minimum atomic E-state index is -4.06. The van der Waals surface area contributed by atoms with E-state index in [1.165, 1.54) is 34.5 Å². The lowest BCUT2D eigenvalue weighted by Gasteiger charge is -2.33. The quantitative estimate of drug-likeness (QED) is 0.369. The van der Waals surface area contributed by atoms with Crippen LogP contribution in [0.15, 0.2) is 76.5 Å². The van der Waals surface area contributed by atoms with Crippen LogP contribution in [0, 0.1) is 18.7 Å². The molecule has 0 spiro atoms. The molecular weight excluding hydrogens is 597 g/mol. The Bertz CT molecular complexity index is 1660. The topological polar surface area (TPSA) is 133 Å². The molecule has 0 aliphatic carbocycles. The van der Waals surface area contributed by atoms with Crippen LogP contribution in [0.25, 0.3) is 0 Å². The van der Waals surface area contributed by atoms with Crippen LogP contribution >= 0.6 is 0 Å². The van der Waals surface area contributed by atoms with Gasteiger partial charge >= 0.3 is 0 Å². The highest BCUT2D eigenvalue weighted by atomic mass is 32.2. The van der Waals surface area contributed by atoms with E-state index in [1.54, 1.807) is 31.2 Å². The standard InChI is InChI=1S/C30H36FN3O7S2/c1-20-5-10-27(11-6-20)43(39,40)33(4)18-29-21(2)17-34(22(3)19-35)30(36)16-23-15-25(9-14-28(23)41-29)32-42(37,38)26-12-7-24(31)8-13-26/h5-15,21-22,29,32,35H,16-19H2,1-4H3/t21-,22-,29+/m0/s1. The van der Waals surface area contributed by atoms with Crippen LogP contribution in [-0.4, -0.2) is 75.9 Å². The van der Waals surface area contributed by atoms with Gasteiger partial charge in [0, 0.05) is 30.8 Å². The van der Waals surface area contributed by atoms with Crippen LogP contribution in [0.4, 0.5) is 10.1 Å². The second-order valence-corrected chi connectivity index (χ2v) is 14.6. The highest BCUT2D eigenvalue weighted by Gasteiger charge is 2.33. The lowest BCUT2D eigenvalue weighted by atomic mass is 10.0. The summed E-state index contributed by atoms with van der Waals surface area (Å²) < 4.78 is 75.9. The molecule has 4 rings (SSSR count). The average Bonchev–Trinajstić information content (AvgIpc) is 3.00. The number of benzene rings is 3. The first-order valence-electron chi connectivity index (χ1n) is 13.7. The van der Waals surface area contributed by atoms with Crippen LogP contribution in [0.3, 0.4) is 0 Å². The number of carbonyl (C=O) groups is 1. The number of aliphatic hydroxyl groups excluding tert-OH is 1. The molecular formula is C30H36FN3O7S2. The molecule has 1 heterocycles. The smallest absolute Gasteiger partial charge is 0.261 e. The molecule has 0 saturated carbocycles. The number of sulfonamides is 2. The Morgan fingerprint density at radius 2 is 1.67 bits per heavy atom. The molecule has 1 amide bonds. The lowest BCUT2D eigenvalue weighted by molar-refractivity contribution is -0.134. The number of ether oxygens (including phenoxy) is 1. The summed E-state index contributed by atoms with van der Waals surface area (Å²) in [7, 11) is -6.45. The van der Waals surface area contributed by atoms with Gasteiger partial charge in [-0.15, -0.1) is 0 Å². The number of halogens is 1. The van der Waals surface area contributed by atoms with Crippen LogP contribution in [-0.2, 0) is 31.3 Å². The largest absolute Gasteiger partial charge is 0.488 e. The molecule has 0 aromatic heterocycles. The predicted octanol–water partition coefficient (Wildman–Crippen LogP) is 3.40. The molecule has 0 bridgehead atoms. The van der Waals surface area contributed by atoms with Gasteiger partial charge in [-0.3, -0.25) is 9.52 Å². The van der Waals surface area contributed by atoms with E-state index < -0.39 is 38.0 Å². The summed E-state index contributed by atoms with van der Waals surface area (Å²) in [6, 6.07) is 14.9.